The number of amides is 1. The lowest BCUT2D eigenvalue weighted by molar-refractivity contribution is 0.0621. The molecule has 1 amide bonds. The first-order chi connectivity index (χ1) is 13.1. The number of H-pyrrole nitrogens is 1. The van der Waals surface area contributed by atoms with Crippen LogP contribution in [0.2, 0.25) is 0 Å². The Morgan fingerprint density at radius 1 is 1.37 bits per heavy atom. The number of hydrogen-bond donors (Lipinski definition) is 1. The minimum atomic E-state index is -0.168. The third kappa shape index (κ3) is 2.63. The quantitative estimate of drug-likeness (QED) is 0.899. The number of piperidine rings is 1. The van der Waals surface area contributed by atoms with Crippen LogP contribution in [0, 0.1) is 0 Å². The van der Waals surface area contributed by atoms with Crippen LogP contribution in [0.3, 0.4) is 0 Å². The molecule has 0 bridgehead atoms. The number of carbonyl (C=O) groups is 1. The van der Waals surface area contributed by atoms with Crippen molar-refractivity contribution >= 4 is 5.91 Å². The van der Waals surface area contributed by atoms with Crippen LogP contribution < -0.4 is 5.56 Å². The Balaban J connectivity index is 1.49. The molecule has 3 heterocycles. The van der Waals surface area contributed by atoms with Crippen molar-refractivity contribution in [3.05, 3.63) is 45.4 Å². The van der Waals surface area contributed by atoms with Crippen molar-refractivity contribution in [2.45, 2.75) is 63.3 Å². The zero-order chi connectivity index (χ0) is 18.6. The summed E-state index contributed by atoms with van der Waals surface area (Å²) in [4.78, 5) is 35.6. The number of hydrogen-bond acceptors (Lipinski definition) is 4. The van der Waals surface area contributed by atoms with Crippen molar-refractivity contribution in [3.63, 3.8) is 0 Å². The van der Waals surface area contributed by atoms with Crippen LogP contribution in [-0.4, -0.2) is 43.6 Å². The van der Waals surface area contributed by atoms with E-state index in [0.717, 1.165) is 62.2 Å². The summed E-state index contributed by atoms with van der Waals surface area (Å²) in [6.07, 6.45) is 7.52. The molecule has 1 unspecified atom stereocenters. The predicted molar refractivity (Wildman–Crippen MR) is 99.9 cm³/mol. The van der Waals surface area contributed by atoms with E-state index in [1.165, 1.54) is 0 Å². The lowest BCUT2D eigenvalue weighted by Crippen LogP contribution is -2.48. The van der Waals surface area contributed by atoms with E-state index < -0.39 is 0 Å². The summed E-state index contributed by atoms with van der Waals surface area (Å²) in [5, 5.41) is 4.24. The first kappa shape index (κ1) is 16.7. The molecule has 1 saturated carbocycles. The molecule has 0 aromatic carbocycles. The molecule has 27 heavy (non-hydrogen) atoms. The van der Waals surface area contributed by atoms with Crippen molar-refractivity contribution in [2.24, 2.45) is 0 Å². The third-order valence-corrected chi connectivity index (χ3v) is 6.45. The Kier molecular flexibility index (Phi) is 3.74. The highest BCUT2D eigenvalue weighted by atomic mass is 16.2. The Morgan fingerprint density at radius 3 is 3.00 bits per heavy atom. The number of aryl methyl sites for hydroxylation is 1. The molecule has 1 spiro atoms. The highest BCUT2D eigenvalue weighted by Gasteiger charge is 2.46. The van der Waals surface area contributed by atoms with E-state index in [1.807, 2.05) is 11.8 Å². The van der Waals surface area contributed by atoms with Gasteiger partial charge in [0.2, 0.25) is 0 Å². The topological polar surface area (TPSA) is 83.9 Å². The van der Waals surface area contributed by atoms with Gasteiger partial charge in [0.05, 0.1) is 5.69 Å². The van der Waals surface area contributed by atoms with Gasteiger partial charge in [-0.2, -0.15) is 5.10 Å². The van der Waals surface area contributed by atoms with Crippen molar-refractivity contribution in [2.75, 3.05) is 13.1 Å². The summed E-state index contributed by atoms with van der Waals surface area (Å²) >= 11 is 0. The van der Waals surface area contributed by atoms with Crippen LogP contribution in [0.15, 0.2) is 17.1 Å². The molecule has 5 rings (SSSR count). The van der Waals surface area contributed by atoms with E-state index >= 15 is 0 Å². The lowest BCUT2D eigenvalue weighted by atomic mass is 9.77. The van der Waals surface area contributed by atoms with Gasteiger partial charge >= 0.3 is 0 Å². The molecule has 2 aromatic rings. The monoisotopic (exact) mass is 367 g/mol. The van der Waals surface area contributed by atoms with Gasteiger partial charge in [-0.15, -0.1) is 0 Å². The van der Waals surface area contributed by atoms with Crippen molar-refractivity contribution in [1.82, 2.24) is 24.6 Å². The van der Waals surface area contributed by atoms with E-state index in [-0.39, 0.29) is 16.9 Å². The smallest absolute Gasteiger partial charge is 0.272 e. The van der Waals surface area contributed by atoms with Crippen LogP contribution >= 0.6 is 0 Å². The standard InChI is InChI=1S/C20H25N5O2/c1-2-25-15(7-10-21-25)19(27)24-11-3-8-20(12-24)9-6-14-16(20)22-17(13-4-5-13)23-18(14)26/h7,10,13H,2-6,8-9,11-12H2,1H3,(H,22,23,26). The van der Waals surface area contributed by atoms with Gasteiger partial charge in [-0.3, -0.25) is 14.3 Å². The Morgan fingerprint density at radius 2 is 2.22 bits per heavy atom. The molecule has 2 aliphatic carbocycles. The van der Waals surface area contributed by atoms with Crippen molar-refractivity contribution in [1.29, 1.82) is 0 Å². The number of fused-ring (bicyclic) bond motifs is 2. The molecule has 0 radical (unpaired) electrons. The van der Waals surface area contributed by atoms with Gasteiger partial charge in [0.1, 0.15) is 11.5 Å². The largest absolute Gasteiger partial charge is 0.336 e. The summed E-state index contributed by atoms with van der Waals surface area (Å²) in [6.45, 7) is 4.07. The third-order valence-electron chi connectivity index (χ3n) is 6.45. The first-order valence-electron chi connectivity index (χ1n) is 10.1. The van der Waals surface area contributed by atoms with Gasteiger partial charge < -0.3 is 9.88 Å². The van der Waals surface area contributed by atoms with Gasteiger partial charge in [-0.1, -0.05) is 0 Å². The summed E-state index contributed by atoms with van der Waals surface area (Å²) in [7, 11) is 0. The van der Waals surface area contributed by atoms with Crippen LogP contribution in [0.1, 0.15) is 72.5 Å². The fourth-order valence-electron chi connectivity index (χ4n) is 4.85. The first-order valence-corrected chi connectivity index (χ1v) is 10.1. The fraction of sp³-hybridized carbons (Fsp3) is 0.600. The summed E-state index contributed by atoms with van der Waals surface area (Å²) in [5.41, 5.74) is 2.32. The van der Waals surface area contributed by atoms with Gasteiger partial charge in [-0.05, 0) is 51.5 Å². The minimum Gasteiger partial charge on any atom is -0.336 e. The molecule has 1 N–H and O–H groups in total. The zero-order valence-electron chi connectivity index (χ0n) is 15.7. The van der Waals surface area contributed by atoms with E-state index in [4.69, 9.17) is 4.98 Å². The molecule has 142 valence electrons. The average Bonchev–Trinajstić information content (AvgIpc) is 3.33. The van der Waals surface area contributed by atoms with Gasteiger partial charge in [-0.25, -0.2) is 4.98 Å². The number of rotatable bonds is 3. The van der Waals surface area contributed by atoms with Crippen LogP contribution in [0.5, 0.6) is 0 Å². The number of aromatic amines is 1. The Bertz CT molecular complexity index is 958. The van der Waals surface area contributed by atoms with Gasteiger partial charge in [0.15, 0.2) is 0 Å². The number of nitrogens with zero attached hydrogens (tertiary/aromatic N) is 4. The maximum Gasteiger partial charge on any atom is 0.272 e. The Hall–Kier alpha value is -2.44. The summed E-state index contributed by atoms with van der Waals surface area (Å²) < 4.78 is 1.75. The van der Waals surface area contributed by atoms with Crippen molar-refractivity contribution in [3.8, 4) is 0 Å². The second-order valence-corrected chi connectivity index (χ2v) is 8.20. The molecule has 1 atom stereocenters. The Labute approximate surface area is 157 Å². The minimum absolute atomic E-state index is 0.0336. The second-order valence-electron chi connectivity index (χ2n) is 8.20. The maximum atomic E-state index is 13.1. The second kappa shape index (κ2) is 6.04. The summed E-state index contributed by atoms with van der Waals surface area (Å²) in [6, 6.07) is 1.80. The zero-order valence-corrected chi connectivity index (χ0v) is 15.7. The van der Waals surface area contributed by atoms with Gasteiger partial charge in [0.25, 0.3) is 11.5 Å². The molecule has 1 aliphatic heterocycles. The number of aromatic nitrogens is 4. The molecular weight excluding hydrogens is 342 g/mol. The normalized spacial score (nSPS) is 24.4. The van der Waals surface area contributed by atoms with Crippen LogP contribution in [0.4, 0.5) is 0 Å². The predicted octanol–water partition coefficient (Wildman–Crippen LogP) is 1.98. The van der Waals surface area contributed by atoms with E-state index in [9.17, 15) is 9.59 Å². The molecule has 7 nitrogen and oxygen atoms in total. The summed E-state index contributed by atoms with van der Waals surface area (Å²) in [5.74, 6) is 1.31. The van der Waals surface area contributed by atoms with E-state index in [0.29, 0.717) is 24.7 Å². The molecule has 3 aliphatic rings. The maximum absolute atomic E-state index is 13.1. The van der Waals surface area contributed by atoms with E-state index in [2.05, 4.69) is 10.1 Å². The van der Waals surface area contributed by atoms with Crippen molar-refractivity contribution < 1.29 is 4.79 Å². The van der Waals surface area contributed by atoms with Crippen LogP contribution in [-0.2, 0) is 18.4 Å². The van der Waals surface area contributed by atoms with E-state index in [1.54, 1.807) is 16.9 Å². The molecule has 7 heteroatoms. The molecule has 2 fully saturated rings. The molecule has 1 saturated heterocycles. The number of likely N-dealkylation sites (tertiary alicyclic amines) is 1. The fourth-order valence-corrected chi connectivity index (χ4v) is 4.85. The van der Waals surface area contributed by atoms with Crippen LogP contribution in [0.25, 0.3) is 0 Å². The molecule has 2 aromatic heterocycles. The number of nitrogens with one attached hydrogen (secondary N) is 1. The highest BCUT2D eigenvalue weighted by molar-refractivity contribution is 5.92. The average molecular weight is 367 g/mol. The number of carbonyl (C=O) groups excluding carboxylic acids is 1. The molecular formula is C20H25N5O2. The van der Waals surface area contributed by atoms with Gasteiger partial charge in [0, 0.05) is 42.7 Å². The lowest BCUT2D eigenvalue weighted by Gasteiger charge is -2.40. The highest BCUT2D eigenvalue weighted by Crippen LogP contribution is 2.45. The SMILES string of the molecule is CCn1nccc1C(=O)N1CCCC2(CCc3c2nc(C2CC2)[nH]c3=O)C1.